The molecule has 2 aromatic rings. The third-order valence-corrected chi connectivity index (χ3v) is 5.81. The lowest BCUT2D eigenvalue weighted by Gasteiger charge is -2.21. The summed E-state index contributed by atoms with van der Waals surface area (Å²) in [6, 6.07) is 9.48. The summed E-state index contributed by atoms with van der Waals surface area (Å²) in [5.41, 5.74) is 2.22. The summed E-state index contributed by atoms with van der Waals surface area (Å²) in [5.74, 6) is 1.56. The summed E-state index contributed by atoms with van der Waals surface area (Å²) in [4.78, 5) is 28.1. The van der Waals surface area contributed by atoms with Crippen molar-refractivity contribution >= 4 is 5.91 Å². The Bertz CT molecular complexity index is 984. The summed E-state index contributed by atoms with van der Waals surface area (Å²) in [6.07, 6.45) is 1.49. The van der Waals surface area contributed by atoms with Crippen molar-refractivity contribution in [2.24, 2.45) is 5.92 Å². The van der Waals surface area contributed by atoms with E-state index in [1.807, 2.05) is 25.1 Å². The van der Waals surface area contributed by atoms with Crippen molar-refractivity contribution in [3.8, 4) is 11.5 Å². The SMILES string of the molecule is CCOc1ccccc1CN1CCc2c(C(=O)NCCC(C)C)c(OC)cc(=O)n2CC1. The minimum absolute atomic E-state index is 0.132. The highest BCUT2D eigenvalue weighted by atomic mass is 16.5. The van der Waals surface area contributed by atoms with Crippen molar-refractivity contribution < 1.29 is 14.3 Å². The molecular weight excluding hydrogens is 406 g/mol. The van der Waals surface area contributed by atoms with Gasteiger partial charge in [0.2, 0.25) is 0 Å². The van der Waals surface area contributed by atoms with Gasteiger partial charge in [-0.2, -0.15) is 0 Å². The summed E-state index contributed by atoms with van der Waals surface area (Å²) in [6.45, 7) is 10.2. The van der Waals surface area contributed by atoms with Gasteiger partial charge in [0.25, 0.3) is 11.5 Å². The Kier molecular flexibility index (Phi) is 8.33. The van der Waals surface area contributed by atoms with E-state index in [2.05, 4.69) is 30.1 Å². The van der Waals surface area contributed by atoms with Crippen molar-refractivity contribution in [3.63, 3.8) is 0 Å². The number of ether oxygens (including phenoxy) is 2. The van der Waals surface area contributed by atoms with Gasteiger partial charge in [0.15, 0.2) is 0 Å². The number of carbonyl (C=O) groups is 1. The third-order valence-electron chi connectivity index (χ3n) is 5.81. The molecule has 32 heavy (non-hydrogen) atoms. The molecule has 1 N–H and O–H groups in total. The minimum atomic E-state index is -0.179. The molecule has 1 amide bonds. The summed E-state index contributed by atoms with van der Waals surface area (Å²) in [7, 11) is 1.50. The number of methoxy groups -OCH3 is 1. The zero-order valence-corrected chi connectivity index (χ0v) is 19.6. The smallest absolute Gasteiger partial charge is 0.256 e. The second-order valence-electron chi connectivity index (χ2n) is 8.53. The lowest BCUT2D eigenvalue weighted by molar-refractivity contribution is 0.0946. The lowest BCUT2D eigenvalue weighted by Crippen LogP contribution is -2.32. The van der Waals surface area contributed by atoms with Crippen LogP contribution >= 0.6 is 0 Å². The topological polar surface area (TPSA) is 72.8 Å². The molecule has 0 bridgehead atoms. The van der Waals surface area contributed by atoms with E-state index in [0.29, 0.717) is 49.9 Å². The van der Waals surface area contributed by atoms with E-state index in [4.69, 9.17) is 9.47 Å². The maximum Gasteiger partial charge on any atom is 0.256 e. The van der Waals surface area contributed by atoms with Crippen molar-refractivity contribution in [1.29, 1.82) is 0 Å². The monoisotopic (exact) mass is 441 g/mol. The van der Waals surface area contributed by atoms with Crippen LogP contribution in [0.5, 0.6) is 11.5 Å². The molecule has 1 aromatic heterocycles. The zero-order valence-electron chi connectivity index (χ0n) is 19.6. The van der Waals surface area contributed by atoms with E-state index in [1.165, 1.54) is 13.2 Å². The Morgan fingerprint density at radius 2 is 1.94 bits per heavy atom. The van der Waals surface area contributed by atoms with Crippen LogP contribution in [-0.2, 0) is 19.5 Å². The van der Waals surface area contributed by atoms with Crippen molar-refractivity contribution in [3.05, 3.63) is 57.5 Å². The fourth-order valence-corrected chi connectivity index (χ4v) is 4.09. The van der Waals surface area contributed by atoms with Crippen molar-refractivity contribution in [1.82, 2.24) is 14.8 Å². The zero-order chi connectivity index (χ0) is 23.1. The Balaban J connectivity index is 1.83. The van der Waals surface area contributed by atoms with Crippen LogP contribution in [0.3, 0.4) is 0 Å². The molecule has 3 rings (SSSR count). The molecule has 0 saturated carbocycles. The third kappa shape index (κ3) is 5.71. The van der Waals surface area contributed by atoms with Crippen LogP contribution in [-0.4, -0.2) is 48.7 Å². The molecule has 0 saturated heterocycles. The average molecular weight is 442 g/mol. The van der Waals surface area contributed by atoms with E-state index in [0.717, 1.165) is 36.5 Å². The standard InChI is InChI=1S/C25H35N3O4/c1-5-32-21-9-7-6-8-19(21)17-27-13-11-20-24(25(30)26-12-10-18(2)3)22(31-4)16-23(29)28(20)15-14-27/h6-9,16,18H,5,10-15,17H2,1-4H3,(H,26,30). The van der Waals surface area contributed by atoms with E-state index in [1.54, 1.807) is 4.57 Å². The quantitative estimate of drug-likeness (QED) is 0.647. The van der Waals surface area contributed by atoms with Gasteiger partial charge >= 0.3 is 0 Å². The number of nitrogens with one attached hydrogen (secondary N) is 1. The van der Waals surface area contributed by atoms with E-state index in [-0.39, 0.29) is 11.5 Å². The van der Waals surface area contributed by atoms with Gasteiger partial charge in [0.1, 0.15) is 17.1 Å². The average Bonchev–Trinajstić information content (AvgIpc) is 2.98. The Morgan fingerprint density at radius 1 is 1.16 bits per heavy atom. The Hall–Kier alpha value is -2.80. The number of carbonyl (C=O) groups excluding carboxylic acids is 1. The summed E-state index contributed by atoms with van der Waals surface area (Å²) in [5, 5.41) is 3.00. The summed E-state index contributed by atoms with van der Waals surface area (Å²) >= 11 is 0. The lowest BCUT2D eigenvalue weighted by atomic mass is 10.1. The van der Waals surface area contributed by atoms with Crippen molar-refractivity contribution in [2.45, 2.75) is 46.7 Å². The molecule has 1 aliphatic rings. The number of amides is 1. The number of hydrogen-bond donors (Lipinski definition) is 1. The highest BCUT2D eigenvalue weighted by molar-refractivity contribution is 5.98. The molecule has 0 radical (unpaired) electrons. The predicted molar refractivity (Wildman–Crippen MR) is 126 cm³/mol. The van der Waals surface area contributed by atoms with E-state index >= 15 is 0 Å². The molecule has 7 nitrogen and oxygen atoms in total. The number of para-hydroxylation sites is 1. The molecule has 0 unspecified atom stereocenters. The maximum absolute atomic E-state index is 13.1. The molecule has 0 fully saturated rings. The molecular formula is C25H35N3O4. The van der Waals surface area contributed by atoms with Crippen LogP contribution in [0.15, 0.2) is 35.1 Å². The fourth-order valence-electron chi connectivity index (χ4n) is 4.09. The van der Waals surface area contributed by atoms with Gasteiger partial charge in [-0.1, -0.05) is 32.0 Å². The number of pyridine rings is 1. The highest BCUT2D eigenvalue weighted by Crippen LogP contribution is 2.25. The van der Waals surface area contributed by atoms with Gasteiger partial charge in [-0.15, -0.1) is 0 Å². The number of rotatable bonds is 9. The molecule has 7 heteroatoms. The number of nitrogens with zero attached hydrogens (tertiary/aromatic N) is 2. The van der Waals surface area contributed by atoms with Gasteiger partial charge in [-0.3, -0.25) is 14.5 Å². The number of benzene rings is 1. The van der Waals surface area contributed by atoms with Crippen molar-refractivity contribution in [2.75, 3.05) is 33.4 Å². The number of hydrogen-bond acceptors (Lipinski definition) is 5. The predicted octanol–water partition coefficient (Wildman–Crippen LogP) is 3.09. The van der Waals surface area contributed by atoms with Crippen LogP contribution in [0.1, 0.15) is 48.8 Å². The molecule has 1 aliphatic heterocycles. The van der Waals surface area contributed by atoms with Gasteiger partial charge in [0.05, 0.1) is 13.7 Å². The maximum atomic E-state index is 13.1. The first-order valence-corrected chi connectivity index (χ1v) is 11.5. The van der Waals surface area contributed by atoms with Gasteiger partial charge in [0, 0.05) is 56.5 Å². The fraction of sp³-hybridized carbons (Fsp3) is 0.520. The van der Waals surface area contributed by atoms with Crippen LogP contribution in [0.25, 0.3) is 0 Å². The first-order valence-electron chi connectivity index (χ1n) is 11.5. The first kappa shape index (κ1) is 23.9. The van der Waals surface area contributed by atoms with E-state index < -0.39 is 0 Å². The summed E-state index contributed by atoms with van der Waals surface area (Å²) < 4.78 is 12.9. The van der Waals surface area contributed by atoms with Gasteiger partial charge in [-0.25, -0.2) is 0 Å². The van der Waals surface area contributed by atoms with Gasteiger partial charge in [-0.05, 0) is 25.3 Å². The molecule has 174 valence electrons. The van der Waals surface area contributed by atoms with Crippen LogP contribution < -0.4 is 20.3 Å². The Labute approximate surface area is 190 Å². The van der Waals surface area contributed by atoms with Crippen LogP contribution in [0.4, 0.5) is 0 Å². The molecule has 0 spiro atoms. The Morgan fingerprint density at radius 3 is 2.66 bits per heavy atom. The molecule has 0 aliphatic carbocycles. The first-order chi connectivity index (χ1) is 15.4. The van der Waals surface area contributed by atoms with E-state index in [9.17, 15) is 9.59 Å². The molecule has 0 atom stereocenters. The second-order valence-corrected chi connectivity index (χ2v) is 8.53. The highest BCUT2D eigenvalue weighted by Gasteiger charge is 2.25. The normalized spacial score (nSPS) is 14.0. The molecule has 1 aromatic carbocycles. The van der Waals surface area contributed by atoms with Gasteiger partial charge < -0.3 is 19.4 Å². The largest absolute Gasteiger partial charge is 0.496 e. The minimum Gasteiger partial charge on any atom is -0.496 e. The van der Waals surface area contributed by atoms with Crippen LogP contribution in [0, 0.1) is 5.92 Å². The van der Waals surface area contributed by atoms with Crippen LogP contribution in [0.2, 0.25) is 0 Å². The second kappa shape index (κ2) is 11.2. The number of aromatic nitrogens is 1. The molecule has 2 heterocycles. The number of fused-ring (bicyclic) bond motifs is 1.